The van der Waals surface area contributed by atoms with E-state index >= 15 is 0 Å². The summed E-state index contributed by atoms with van der Waals surface area (Å²) in [6.07, 6.45) is 1.20. The second-order valence-electron chi connectivity index (χ2n) is 4.75. The summed E-state index contributed by atoms with van der Waals surface area (Å²) < 4.78 is 18.2. The van der Waals surface area contributed by atoms with Gasteiger partial charge in [-0.1, -0.05) is 12.1 Å². The van der Waals surface area contributed by atoms with Crippen molar-refractivity contribution in [2.75, 3.05) is 20.2 Å². The van der Waals surface area contributed by atoms with E-state index in [0.717, 1.165) is 31.1 Å². The molecule has 2 N–H and O–H groups in total. The van der Waals surface area contributed by atoms with E-state index in [9.17, 15) is 4.39 Å². The van der Waals surface area contributed by atoms with Crippen LogP contribution in [0, 0.1) is 5.82 Å². The Morgan fingerprint density at radius 2 is 1.90 bits per heavy atom. The Kier molecular flexibility index (Phi) is 11.2. The predicted octanol–water partition coefficient (Wildman–Crippen LogP) is 2.92. The number of nitrogens with zero attached hydrogens (tertiary/aromatic N) is 1. The van der Waals surface area contributed by atoms with Gasteiger partial charge < -0.3 is 15.4 Å². The number of guanidine groups is 1. The normalized spacial score (nSPS) is 11.2. The maximum absolute atomic E-state index is 12.8. The van der Waals surface area contributed by atoms with Crippen LogP contribution in [0.3, 0.4) is 0 Å². The van der Waals surface area contributed by atoms with E-state index < -0.39 is 0 Å². The zero-order valence-electron chi connectivity index (χ0n) is 12.9. The standard InChI is InChI=1S/C15H24FN3O.HI/c1-12(2)20-10-4-9-18-15(17-3)19-11-13-5-7-14(16)8-6-13;/h5-8,12H,4,9-11H2,1-3H3,(H2,17,18,19);1H. The van der Waals surface area contributed by atoms with Gasteiger partial charge in [-0.05, 0) is 38.0 Å². The summed E-state index contributed by atoms with van der Waals surface area (Å²) in [4.78, 5) is 4.13. The summed E-state index contributed by atoms with van der Waals surface area (Å²) in [6, 6.07) is 6.42. The van der Waals surface area contributed by atoms with Crippen molar-refractivity contribution in [3.8, 4) is 0 Å². The number of hydrogen-bond donors (Lipinski definition) is 2. The summed E-state index contributed by atoms with van der Waals surface area (Å²) in [5, 5.41) is 6.39. The van der Waals surface area contributed by atoms with Gasteiger partial charge in [0.2, 0.25) is 0 Å². The molecule has 0 aromatic heterocycles. The van der Waals surface area contributed by atoms with Gasteiger partial charge in [0.15, 0.2) is 5.96 Å². The lowest BCUT2D eigenvalue weighted by Gasteiger charge is -2.12. The van der Waals surface area contributed by atoms with Crippen molar-refractivity contribution < 1.29 is 9.13 Å². The van der Waals surface area contributed by atoms with Crippen molar-refractivity contribution in [2.24, 2.45) is 4.99 Å². The lowest BCUT2D eigenvalue weighted by molar-refractivity contribution is 0.0776. The molecule has 0 fully saturated rings. The minimum atomic E-state index is -0.221. The Labute approximate surface area is 143 Å². The van der Waals surface area contributed by atoms with Gasteiger partial charge in [-0.25, -0.2) is 4.39 Å². The van der Waals surface area contributed by atoms with Crippen molar-refractivity contribution in [2.45, 2.75) is 32.9 Å². The third-order valence-corrected chi connectivity index (χ3v) is 2.66. The summed E-state index contributed by atoms with van der Waals surface area (Å²) >= 11 is 0. The smallest absolute Gasteiger partial charge is 0.191 e. The van der Waals surface area contributed by atoms with Gasteiger partial charge in [-0.3, -0.25) is 4.99 Å². The highest BCUT2D eigenvalue weighted by atomic mass is 127. The second-order valence-corrected chi connectivity index (χ2v) is 4.75. The average Bonchev–Trinajstić information content (AvgIpc) is 2.43. The topological polar surface area (TPSA) is 45.7 Å². The molecule has 0 amide bonds. The Morgan fingerprint density at radius 1 is 1.24 bits per heavy atom. The van der Waals surface area contributed by atoms with Gasteiger partial charge in [-0.15, -0.1) is 24.0 Å². The lowest BCUT2D eigenvalue weighted by atomic mass is 10.2. The first kappa shape index (κ1) is 20.1. The van der Waals surface area contributed by atoms with Crippen LogP contribution in [-0.2, 0) is 11.3 Å². The van der Waals surface area contributed by atoms with Crippen molar-refractivity contribution in [1.29, 1.82) is 0 Å². The zero-order chi connectivity index (χ0) is 14.8. The van der Waals surface area contributed by atoms with Crippen molar-refractivity contribution >= 4 is 29.9 Å². The molecule has 0 bridgehead atoms. The lowest BCUT2D eigenvalue weighted by Crippen LogP contribution is -2.37. The average molecular weight is 409 g/mol. The fourth-order valence-corrected chi connectivity index (χ4v) is 1.61. The number of ether oxygens (including phenoxy) is 1. The van der Waals surface area contributed by atoms with E-state index in [1.807, 2.05) is 13.8 Å². The minimum Gasteiger partial charge on any atom is -0.379 e. The highest BCUT2D eigenvalue weighted by Gasteiger charge is 1.99. The Morgan fingerprint density at radius 3 is 2.48 bits per heavy atom. The van der Waals surface area contributed by atoms with Gasteiger partial charge in [-0.2, -0.15) is 0 Å². The quantitative estimate of drug-likeness (QED) is 0.315. The first-order valence-corrected chi connectivity index (χ1v) is 6.92. The van der Waals surface area contributed by atoms with Gasteiger partial charge in [0.1, 0.15) is 5.82 Å². The van der Waals surface area contributed by atoms with Crippen LogP contribution in [0.2, 0.25) is 0 Å². The summed E-state index contributed by atoms with van der Waals surface area (Å²) in [6.45, 7) is 6.20. The van der Waals surface area contributed by atoms with Gasteiger partial charge in [0, 0.05) is 26.7 Å². The third kappa shape index (κ3) is 9.62. The molecule has 0 unspecified atom stereocenters. The molecule has 1 aromatic rings. The molecule has 0 saturated heterocycles. The molecule has 0 radical (unpaired) electrons. The number of benzene rings is 1. The fraction of sp³-hybridized carbons (Fsp3) is 0.533. The Balaban J connectivity index is 0.00000400. The number of aliphatic imine (C=N–C) groups is 1. The molecule has 0 aliphatic carbocycles. The molecule has 120 valence electrons. The second kappa shape index (κ2) is 11.7. The van der Waals surface area contributed by atoms with Crippen molar-refractivity contribution in [3.63, 3.8) is 0 Å². The molecule has 0 spiro atoms. The number of halogens is 2. The van der Waals surface area contributed by atoms with Crippen LogP contribution in [0.5, 0.6) is 0 Å². The Hall–Kier alpha value is -0.890. The van der Waals surface area contributed by atoms with E-state index in [-0.39, 0.29) is 35.9 Å². The van der Waals surface area contributed by atoms with Gasteiger partial charge in [0.05, 0.1) is 6.10 Å². The van der Waals surface area contributed by atoms with Gasteiger partial charge in [0.25, 0.3) is 0 Å². The third-order valence-electron chi connectivity index (χ3n) is 2.66. The highest BCUT2D eigenvalue weighted by molar-refractivity contribution is 14.0. The molecule has 21 heavy (non-hydrogen) atoms. The number of rotatable bonds is 7. The molecule has 0 atom stereocenters. The molecule has 0 heterocycles. The molecule has 6 heteroatoms. The molecule has 0 aliphatic rings. The summed E-state index contributed by atoms with van der Waals surface area (Å²) in [5.41, 5.74) is 1.01. The maximum Gasteiger partial charge on any atom is 0.191 e. The maximum atomic E-state index is 12.8. The zero-order valence-corrected chi connectivity index (χ0v) is 15.2. The van der Waals surface area contributed by atoms with E-state index in [0.29, 0.717) is 6.54 Å². The highest BCUT2D eigenvalue weighted by Crippen LogP contribution is 2.01. The minimum absolute atomic E-state index is 0. The van der Waals surface area contributed by atoms with Crippen LogP contribution >= 0.6 is 24.0 Å². The van der Waals surface area contributed by atoms with E-state index in [2.05, 4.69) is 15.6 Å². The summed E-state index contributed by atoms with van der Waals surface area (Å²) in [7, 11) is 1.73. The van der Waals surface area contributed by atoms with Crippen LogP contribution in [0.15, 0.2) is 29.3 Å². The van der Waals surface area contributed by atoms with E-state index in [1.54, 1.807) is 19.2 Å². The molecule has 0 saturated carbocycles. The van der Waals surface area contributed by atoms with Crippen molar-refractivity contribution in [1.82, 2.24) is 10.6 Å². The molecular formula is C15H25FIN3O. The molecule has 1 aromatic carbocycles. The molecule has 4 nitrogen and oxygen atoms in total. The van der Waals surface area contributed by atoms with Crippen LogP contribution in [0.4, 0.5) is 4.39 Å². The summed E-state index contributed by atoms with van der Waals surface area (Å²) in [5.74, 6) is 0.514. The van der Waals surface area contributed by atoms with Gasteiger partial charge >= 0.3 is 0 Å². The van der Waals surface area contributed by atoms with E-state index in [4.69, 9.17) is 4.74 Å². The van der Waals surface area contributed by atoms with Crippen molar-refractivity contribution in [3.05, 3.63) is 35.6 Å². The SMILES string of the molecule is CN=C(NCCCOC(C)C)NCc1ccc(F)cc1.I. The fourth-order valence-electron chi connectivity index (χ4n) is 1.61. The molecule has 0 aliphatic heterocycles. The monoisotopic (exact) mass is 409 g/mol. The van der Waals surface area contributed by atoms with E-state index in [1.165, 1.54) is 12.1 Å². The first-order valence-electron chi connectivity index (χ1n) is 6.92. The van der Waals surface area contributed by atoms with Crippen LogP contribution < -0.4 is 10.6 Å². The van der Waals surface area contributed by atoms with Crippen LogP contribution in [-0.4, -0.2) is 32.3 Å². The van der Waals surface area contributed by atoms with Crippen LogP contribution in [0.25, 0.3) is 0 Å². The number of nitrogens with one attached hydrogen (secondary N) is 2. The Bertz CT molecular complexity index is 410. The first-order chi connectivity index (χ1) is 9.61. The predicted molar refractivity (Wildman–Crippen MR) is 95.7 cm³/mol. The molecule has 1 rings (SSSR count). The largest absolute Gasteiger partial charge is 0.379 e. The molecular weight excluding hydrogens is 384 g/mol. The number of hydrogen-bond acceptors (Lipinski definition) is 2. The van der Waals surface area contributed by atoms with Crippen LogP contribution in [0.1, 0.15) is 25.8 Å².